The highest BCUT2D eigenvalue weighted by Gasteiger charge is 2.31. The van der Waals surface area contributed by atoms with Crippen LogP contribution in [0.15, 0.2) is 81.9 Å². The first-order chi connectivity index (χ1) is 15.6. The Hall–Kier alpha value is -2.26. The van der Waals surface area contributed by atoms with Crippen LogP contribution < -0.4 is 24.7 Å². The van der Waals surface area contributed by atoms with Crippen molar-refractivity contribution in [1.29, 1.82) is 0 Å². The van der Waals surface area contributed by atoms with E-state index in [0.717, 1.165) is 11.5 Å². The molecule has 0 N–H and O–H groups in total. The van der Waals surface area contributed by atoms with Crippen LogP contribution in [0.1, 0.15) is 16.7 Å². The summed E-state index contributed by atoms with van der Waals surface area (Å²) in [6, 6.07) is 26.1. The predicted octanol–water partition coefficient (Wildman–Crippen LogP) is 6.35. The molecule has 162 valence electrons. The molecule has 0 atom stereocenters. The van der Waals surface area contributed by atoms with Gasteiger partial charge < -0.3 is 9.47 Å². The highest BCUT2D eigenvalue weighted by Crippen LogP contribution is 2.53. The lowest BCUT2D eigenvalue weighted by Gasteiger charge is -2.21. The molecule has 0 spiro atoms. The molecule has 0 aliphatic carbocycles. The van der Waals surface area contributed by atoms with Gasteiger partial charge in [-0.2, -0.15) is 0 Å². The number of aryl methyl sites for hydroxylation is 3. The fraction of sp³-hybridized carbons (Fsp3) is 0.185. The third-order valence-electron chi connectivity index (χ3n) is 5.38. The normalized spacial score (nSPS) is 12.9. The lowest BCUT2D eigenvalue weighted by atomic mass is 10.1. The molecule has 0 saturated heterocycles. The summed E-state index contributed by atoms with van der Waals surface area (Å²) in [5.41, 5.74) is 3.91. The van der Waals surface area contributed by atoms with Gasteiger partial charge in [-0.05, 0) is 42.5 Å². The second-order valence-electron chi connectivity index (χ2n) is 7.89. The average Bonchev–Trinajstić information content (AvgIpc) is 3.16. The molecule has 1 aliphatic rings. The Morgan fingerprint density at radius 3 is 1.84 bits per heavy atom. The molecular formula is C27H25O2PS2. The van der Waals surface area contributed by atoms with E-state index in [-0.39, 0.29) is 0 Å². The molecule has 0 radical (unpaired) electrons. The fourth-order valence-electron chi connectivity index (χ4n) is 4.08. The van der Waals surface area contributed by atoms with E-state index >= 15 is 0 Å². The smallest absolute Gasteiger partial charge is 0.186 e. The Balaban J connectivity index is 1.65. The molecule has 1 aromatic heterocycles. The molecule has 3 aromatic carbocycles. The highest BCUT2D eigenvalue weighted by molar-refractivity contribution is 8.02. The van der Waals surface area contributed by atoms with Gasteiger partial charge in [0.15, 0.2) is 11.5 Å². The first-order valence-corrected chi connectivity index (χ1v) is 13.7. The SMILES string of the molecule is Cc1cc(C)c(Sc2sc(P(c3ccccc3)c3ccccc3)c3c2OCCO3)c(C)c1. The lowest BCUT2D eigenvalue weighted by Crippen LogP contribution is -2.23. The second-order valence-corrected chi connectivity index (χ2v) is 12.6. The van der Waals surface area contributed by atoms with Gasteiger partial charge in [-0.3, -0.25) is 0 Å². The highest BCUT2D eigenvalue weighted by atomic mass is 32.2. The summed E-state index contributed by atoms with van der Waals surface area (Å²) < 4.78 is 14.9. The van der Waals surface area contributed by atoms with Gasteiger partial charge in [0, 0.05) is 12.8 Å². The van der Waals surface area contributed by atoms with Gasteiger partial charge >= 0.3 is 0 Å². The van der Waals surface area contributed by atoms with Gasteiger partial charge in [-0.1, -0.05) is 90.1 Å². The van der Waals surface area contributed by atoms with Crippen molar-refractivity contribution in [2.45, 2.75) is 29.9 Å². The molecule has 4 aromatic rings. The Labute approximate surface area is 199 Å². The second kappa shape index (κ2) is 9.31. The number of hydrogen-bond donors (Lipinski definition) is 0. The van der Waals surface area contributed by atoms with Crippen LogP contribution in [0.25, 0.3) is 0 Å². The monoisotopic (exact) mass is 476 g/mol. The quantitative estimate of drug-likeness (QED) is 0.313. The third-order valence-corrected chi connectivity index (χ3v) is 10.9. The zero-order chi connectivity index (χ0) is 22.1. The largest absolute Gasteiger partial charge is 0.485 e. The van der Waals surface area contributed by atoms with Crippen LogP contribution in [-0.2, 0) is 0 Å². The van der Waals surface area contributed by atoms with Gasteiger partial charge in [0.25, 0.3) is 0 Å². The van der Waals surface area contributed by atoms with E-state index in [0.29, 0.717) is 13.2 Å². The van der Waals surface area contributed by atoms with E-state index in [9.17, 15) is 0 Å². The number of fused-ring (bicyclic) bond motifs is 1. The average molecular weight is 477 g/mol. The summed E-state index contributed by atoms with van der Waals surface area (Å²) in [7, 11) is -0.735. The Bertz CT molecular complexity index is 1170. The number of benzene rings is 3. The maximum atomic E-state index is 6.26. The molecule has 0 amide bonds. The van der Waals surface area contributed by atoms with Crippen LogP contribution in [0, 0.1) is 20.8 Å². The van der Waals surface area contributed by atoms with Crippen LogP contribution in [0.3, 0.4) is 0 Å². The molecule has 5 rings (SSSR count). The van der Waals surface area contributed by atoms with Crippen LogP contribution >= 0.6 is 31.0 Å². The standard InChI is InChI=1S/C27H25O2PS2/c1-18-16-19(2)25(20(3)17-18)31-27-24-23(28-14-15-29-24)26(32-27)30(21-10-6-4-7-11-21)22-12-8-5-9-13-22/h4-13,16-17H,14-15H2,1-3H3. The minimum absolute atomic E-state index is 0.593. The van der Waals surface area contributed by atoms with E-state index in [4.69, 9.17) is 9.47 Å². The zero-order valence-electron chi connectivity index (χ0n) is 18.4. The van der Waals surface area contributed by atoms with Crippen molar-refractivity contribution in [1.82, 2.24) is 0 Å². The van der Waals surface area contributed by atoms with Crippen molar-refractivity contribution in [3.63, 3.8) is 0 Å². The minimum atomic E-state index is -0.735. The fourth-order valence-corrected chi connectivity index (χ4v) is 9.82. The summed E-state index contributed by atoms with van der Waals surface area (Å²) in [6.45, 7) is 7.74. The number of ether oxygens (including phenoxy) is 2. The van der Waals surface area contributed by atoms with Crippen molar-refractivity contribution in [2.24, 2.45) is 0 Å². The van der Waals surface area contributed by atoms with Crippen molar-refractivity contribution in [3.8, 4) is 11.5 Å². The first kappa shape index (κ1) is 21.6. The summed E-state index contributed by atoms with van der Waals surface area (Å²) in [4.78, 5) is 1.31. The Morgan fingerprint density at radius 2 is 1.28 bits per heavy atom. The summed E-state index contributed by atoms with van der Waals surface area (Å²) in [5, 5.41) is 2.65. The van der Waals surface area contributed by atoms with E-state index in [1.807, 2.05) is 23.1 Å². The van der Waals surface area contributed by atoms with E-state index in [1.165, 1.54) is 41.0 Å². The molecule has 0 unspecified atom stereocenters. The molecular weight excluding hydrogens is 451 g/mol. The minimum Gasteiger partial charge on any atom is -0.485 e. The number of rotatable bonds is 5. The van der Waals surface area contributed by atoms with Crippen LogP contribution in [0.4, 0.5) is 0 Å². The van der Waals surface area contributed by atoms with Crippen LogP contribution in [0.5, 0.6) is 11.5 Å². The molecule has 0 fully saturated rings. The summed E-state index contributed by atoms with van der Waals surface area (Å²) in [6.07, 6.45) is 0. The molecule has 0 saturated carbocycles. The van der Waals surface area contributed by atoms with Crippen LogP contribution in [-0.4, -0.2) is 13.2 Å². The first-order valence-electron chi connectivity index (χ1n) is 10.7. The molecule has 1 aliphatic heterocycles. The van der Waals surface area contributed by atoms with Gasteiger partial charge in [0.05, 0.1) is 4.62 Å². The van der Waals surface area contributed by atoms with E-state index in [1.54, 1.807) is 0 Å². The van der Waals surface area contributed by atoms with Gasteiger partial charge in [0.1, 0.15) is 17.4 Å². The summed E-state index contributed by atoms with van der Waals surface area (Å²) >= 11 is 3.65. The predicted molar refractivity (Wildman–Crippen MR) is 139 cm³/mol. The van der Waals surface area contributed by atoms with Crippen molar-refractivity contribution in [2.75, 3.05) is 13.2 Å². The topological polar surface area (TPSA) is 18.5 Å². The van der Waals surface area contributed by atoms with Crippen molar-refractivity contribution in [3.05, 3.63) is 89.5 Å². The molecule has 32 heavy (non-hydrogen) atoms. The van der Waals surface area contributed by atoms with Crippen molar-refractivity contribution >= 4 is 46.2 Å². The zero-order valence-corrected chi connectivity index (χ0v) is 21.0. The number of hydrogen-bond acceptors (Lipinski definition) is 4. The molecule has 2 nitrogen and oxygen atoms in total. The molecule has 5 heteroatoms. The Morgan fingerprint density at radius 1 is 0.750 bits per heavy atom. The Kier molecular flexibility index (Phi) is 6.28. The van der Waals surface area contributed by atoms with Gasteiger partial charge in [-0.25, -0.2) is 0 Å². The maximum Gasteiger partial charge on any atom is 0.186 e. The number of thiophene rings is 1. The molecule has 0 bridgehead atoms. The maximum absolute atomic E-state index is 6.26. The third kappa shape index (κ3) is 4.20. The van der Waals surface area contributed by atoms with Crippen molar-refractivity contribution < 1.29 is 9.47 Å². The summed E-state index contributed by atoms with van der Waals surface area (Å²) in [5.74, 6) is 1.85. The van der Waals surface area contributed by atoms with Gasteiger partial charge in [0.2, 0.25) is 0 Å². The van der Waals surface area contributed by atoms with Crippen LogP contribution in [0.2, 0.25) is 0 Å². The van der Waals surface area contributed by atoms with E-state index in [2.05, 4.69) is 93.6 Å². The molecule has 2 heterocycles. The van der Waals surface area contributed by atoms with E-state index < -0.39 is 7.92 Å². The lowest BCUT2D eigenvalue weighted by molar-refractivity contribution is 0.171. The van der Waals surface area contributed by atoms with Gasteiger partial charge in [-0.15, -0.1) is 11.3 Å².